The van der Waals surface area contributed by atoms with Gasteiger partial charge in [0.15, 0.2) is 6.23 Å². The summed E-state index contributed by atoms with van der Waals surface area (Å²) in [5.74, 6) is -0.102. The second-order valence-electron chi connectivity index (χ2n) is 5.23. The number of hydrogen-bond acceptors (Lipinski definition) is 3. The quantitative estimate of drug-likeness (QED) is 0.787. The molecule has 3 rings (SSSR count). The van der Waals surface area contributed by atoms with Crippen LogP contribution in [0.2, 0.25) is 0 Å². The second kappa shape index (κ2) is 6.44. The first-order valence-corrected chi connectivity index (χ1v) is 7.43. The lowest BCUT2D eigenvalue weighted by molar-refractivity contribution is -0.147. The van der Waals surface area contributed by atoms with E-state index in [1.54, 1.807) is 0 Å². The van der Waals surface area contributed by atoms with E-state index < -0.39 is 0 Å². The average Bonchev–Trinajstić information content (AvgIpc) is 2.74. The lowest BCUT2D eigenvalue weighted by Gasteiger charge is -2.32. The molecular formula is C18H19NO2. The Balaban J connectivity index is 1.98. The number of ether oxygens (including phenoxy) is 1. The van der Waals surface area contributed by atoms with Gasteiger partial charge in [0.2, 0.25) is 0 Å². The Labute approximate surface area is 125 Å². The summed E-state index contributed by atoms with van der Waals surface area (Å²) >= 11 is 0. The summed E-state index contributed by atoms with van der Waals surface area (Å²) in [5.41, 5.74) is 2.09. The highest BCUT2D eigenvalue weighted by molar-refractivity contribution is 5.71. The third-order valence-electron chi connectivity index (χ3n) is 3.71. The minimum absolute atomic E-state index is 0.102. The van der Waals surface area contributed by atoms with E-state index in [0.29, 0.717) is 6.42 Å². The normalized spacial score (nSPS) is 18.7. The maximum absolute atomic E-state index is 11.8. The molecule has 3 heteroatoms. The van der Waals surface area contributed by atoms with Gasteiger partial charge in [0.1, 0.15) is 0 Å². The molecule has 1 heterocycles. The summed E-state index contributed by atoms with van der Waals surface area (Å²) in [7, 11) is 0. The molecule has 0 aromatic heterocycles. The summed E-state index contributed by atoms with van der Waals surface area (Å²) in [6.45, 7) is 0. The highest BCUT2D eigenvalue weighted by Gasteiger charge is 2.26. The number of carbonyl (C=O) groups is 1. The third kappa shape index (κ3) is 3.24. The van der Waals surface area contributed by atoms with Gasteiger partial charge >= 0.3 is 5.97 Å². The van der Waals surface area contributed by atoms with Crippen LogP contribution in [0, 0.1) is 0 Å². The molecule has 1 aliphatic heterocycles. The Bertz CT molecular complexity index is 543. The molecule has 1 aliphatic rings. The molecule has 0 aliphatic carbocycles. The van der Waals surface area contributed by atoms with Crippen molar-refractivity contribution in [3.8, 4) is 0 Å². The average molecular weight is 281 g/mol. The molecule has 0 radical (unpaired) electrons. The summed E-state index contributed by atoms with van der Waals surface area (Å²) in [6.07, 6.45) is 3.06. The molecule has 0 amide bonds. The molecule has 108 valence electrons. The van der Waals surface area contributed by atoms with Gasteiger partial charge in [-0.05, 0) is 37.1 Å². The van der Waals surface area contributed by atoms with E-state index in [-0.39, 0.29) is 12.2 Å². The van der Waals surface area contributed by atoms with Crippen molar-refractivity contribution in [2.75, 3.05) is 4.90 Å². The van der Waals surface area contributed by atoms with E-state index in [0.717, 1.165) is 30.6 Å². The van der Waals surface area contributed by atoms with Crippen molar-refractivity contribution >= 4 is 17.3 Å². The first kappa shape index (κ1) is 13.7. The van der Waals surface area contributed by atoms with Crippen molar-refractivity contribution in [2.24, 2.45) is 0 Å². The lowest BCUT2D eigenvalue weighted by Crippen LogP contribution is -2.34. The lowest BCUT2D eigenvalue weighted by atomic mass is 10.1. The first-order valence-electron chi connectivity index (χ1n) is 7.43. The molecule has 1 unspecified atom stereocenters. The SMILES string of the molecule is O=C1CCCCC(N(c2ccccc2)c2ccccc2)O1. The number of nitrogens with zero attached hydrogens (tertiary/aromatic N) is 1. The second-order valence-corrected chi connectivity index (χ2v) is 5.23. The Morgan fingerprint density at radius 3 is 2.00 bits per heavy atom. The topological polar surface area (TPSA) is 29.5 Å². The van der Waals surface area contributed by atoms with Crippen LogP contribution in [0.1, 0.15) is 25.7 Å². The zero-order valence-corrected chi connectivity index (χ0v) is 11.9. The predicted octanol–water partition coefficient (Wildman–Crippen LogP) is 4.27. The fourth-order valence-electron chi connectivity index (χ4n) is 2.70. The van der Waals surface area contributed by atoms with Gasteiger partial charge in [-0.15, -0.1) is 0 Å². The van der Waals surface area contributed by atoms with Crippen molar-refractivity contribution in [3.63, 3.8) is 0 Å². The molecule has 2 aromatic rings. The monoisotopic (exact) mass is 281 g/mol. The van der Waals surface area contributed by atoms with Gasteiger partial charge in [0.05, 0.1) is 0 Å². The Morgan fingerprint density at radius 2 is 1.43 bits per heavy atom. The standard InChI is InChI=1S/C18H19NO2/c20-18-14-8-7-13-17(21-18)19(15-9-3-1-4-10-15)16-11-5-2-6-12-16/h1-6,9-12,17H,7-8,13-14H2. The minimum atomic E-state index is -0.232. The van der Waals surface area contributed by atoms with E-state index in [9.17, 15) is 4.79 Å². The molecule has 2 aromatic carbocycles. The zero-order chi connectivity index (χ0) is 14.5. The zero-order valence-electron chi connectivity index (χ0n) is 11.9. The van der Waals surface area contributed by atoms with Gasteiger partial charge in [-0.3, -0.25) is 4.79 Å². The maximum atomic E-state index is 11.8. The van der Waals surface area contributed by atoms with E-state index in [2.05, 4.69) is 4.90 Å². The number of cyclic esters (lactones) is 1. The van der Waals surface area contributed by atoms with E-state index in [1.807, 2.05) is 60.7 Å². The summed E-state index contributed by atoms with van der Waals surface area (Å²) in [6, 6.07) is 20.2. The van der Waals surface area contributed by atoms with Gasteiger partial charge in [-0.25, -0.2) is 0 Å². The number of benzene rings is 2. The summed E-state index contributed by atoms with van der Waals surface area (Å²) < 4.78 is 5.67. The number of esters is 1. The number of para-hydroxylation sites is 2. The van der Waals surface area contributed by atoms with Crippen molar-refractivity contribution < 1.29 is 9.53 Å². The molecule has 1 fully saturated rings. The van der Waals surface area contributed by atoms with Crippen LogP contribution in [0.4, 0.5) is 11.4 Å². The fraction of sp³-hybridized carbons (Fsp3) is 0.278. The van der Waals surface area contributed by atoms with Gasteiger partial charge < -0.3 is 9.64 Å². The van der Waals surface area contributed by atoms with Gasteiger partial charge in [-0.1, -0.05) is 36.4 Å². The highest BCUT2D eigenvalue weighted by Crippen LogP contribution is 2.31. The van der Waals surface area contributed by atoms with Crippen LogP contribution in [0.3, 0.4) is 0 Å². The molecular weight excluding hydrogens is 262 g/mol. The Kier molecular flexibility index (Phi) is 4.20. The van der Waals surface area contributed by atoms with Gasteiger partial charge in [0, 0.05) is 24.2 Å². The number of carbonyl (C=O) groups excluding carboxylic acids is 1. The summed E-state index contributed by atoms with van der Waals surface area (Å²) in [4.78, 5) is 13.9. The van der Waals surface area contributed by atoms with Crippen LogP contribution in [-0.4, -0.2) is 12.2 Å². The molecule has 3 nitrogen and oxygen atoms in total. The van der Waals surface area contributed by atoms with Crippen molar-refractivity contribution in [1.82, 2.24) is 0 Å². The van der Waals surface area contributed by atoms with Crippen LogP contribution >= 0.6 is 0 Å². The first-order chi connectivity index (χ1) is 10.3. The molecule has 0 N–H and O–H groups in total. The minimum Gasteiger partial charge on any atom is -0.441 e. The predicted molar refractivity (Wildman–Crippen MR) is 83.4 cm³/mol. The number of anilines is 2. The highest BCUT2D eigenvalue weighted by atomic mass is 16.6. The smallest absolute Gasteiger partial charge is 0.307 e. The Morgan fingerprint density at radius 1 is 0.857 bits per heavy atom. The van der Waals surface area contributed by atoms with E-state index >= 15 is 0 Å². The molecule has 1 atom stereocenters. The van der Waals surface area contributed by atoms with Crippen molar-refractivity contribution in [2.45, 2.75) is 31.9 Å². The third-order valence-corrected chi connectivity index (χ3v) is 3.71. The molecule has 21 heavy (non-hydrogen) atoms. The molecule has 0 saturated carbocycles. The van der Waals surface area contributed by atoms with E-state index in [1.165, 1.54) is 0 Å². The summed E-state index contributed by atoms with van der Waals surface area (Å²) in [5, 5.41) is 0. The Hall–Kier alpha value is -2.29. The van der Waals surface area contributed by atoms with Crippen molar-refractivity contribution in [3.05, 3.63) is 60.7 Å². The molecule has 0 spiro atoms. The van der Waals surface area contributed by atoms with Crippen LogP contribution in [-0.2, 0) is 9.53 Å². The number of rotatable bonds is 3. The van der Waals surface area contributed by atoms with Crippen LogP contribution in [0.25, 0.3) is 0 Å². The van der Waals surface area contributed by atoms with E-state index in [4.69, 9.17) is 4.74 Å². The maximum Gasteiger partial charge on any atom is 0.307 e. The fourth-order valence-corrected chi connectivity index (χ4v) is 2.70. The van der Waals surface area contributed by atoms with Crippen LogP contribution < -0.4 is 4.90 Å². The molecule has 0 bridgehead atoms. The molecule has 1 saturated heterocycles. The van der Waals surface area contributed by atoms with Gasteiger partial charge in [-0.2, -0.15) is 0 Å². The van der Waals surface area contributed by atoms with Crippen LogP contribution in [0.5, 0.6) is 0 Å². The van der Waals surface area contributed by atoms with Crippen LogP contribution in [0.15, 0.2) is 60.7 Å². The van der Waals surface area contributed by atoms with Crippen molar-refractivity contribution in [1.29, 1.82) is 0 Å². The largest absolute Gasteiger partial charge is 0.441 e. The van der Waals surface area contributed by atoms with Gasteiger partial charge in [0.25, 0.3) is 0 Å². The number of hydrogen-bond donors (Lipinski definition) is 0.